The number of hydrogen-bond acceptors (Lipinski definition) is 4. The highest BCUT2D eigenvalue weighted by Gasteiger charge is 2.34. The molecule has 4 heterocycles. The monoisotopic (exact) mass is 319 g/mol. The third-order valence-electron chi connectivity index (χ3n) is 3.91. The van der Waals surface area contributed by atoms with Gasteiger partial charge in [-0.1, -0.05) is 0 Å². The van der Waals surface area contributed by atoms with Crippen molar-refractivity contribution < 1.29 is 4.74 Å². The first-order valence-electron chi connectivity index (χ1n) is 6.60. The number of fused-ring (bicyclic) bond motifs is 3. The average molecular weight is 320 g/mol. The lowest BCUT2D eigenvalue weighted by atomic mass is 10.2. The van der Waals surface area contributed by atoms with Crippen molar-refractivity contribution in [2.75, 3.05) is 18.0 Å². The SMILES string of the molecule is Brc1cnc2c(N3CC4CCC(C3)O4)ccnc2c1. The van der Waals surface area contributed by atoms with Crippen LogP contribution in [0.1, 0.15) is 12.8 Å². The summed E-state index contributed by atoms with van der Waals surface area (Å²) in [6, 6.07) is 4.08. The van der Waals surface area contributed by atoms with Crippen LogP contribution in [0.3, 0.4) is 0 Å². The van der Waals surface area contributed by atoms with E-state index in [9.17, 15) is 0 Å². The lowest BCUT2D eigenvalue weighted by Gasteiger charge is -2.34. The molecule has 2 aliphatic rings. The number of nitrogens with zero attached hydrogens (tertiary/aromatic N) is 3. The van der Waals surface area contributed by atoms with Crippen molar-refractivity contribution >= 4 is 32.7 Å². The Morgan fingerprint density at radius 3 is 2.79 bits per heavy atom. The summed E-state index contributed by atoms with van der Waals surface area (Å²) in [5.41, 5.74) is 3.09. The number of aromatic nitrogens is 2. The molecule has 2 fully saturated rings. The van der Waals surface area contributed by atoms with Crippen molar-refractivity contribution in [3.05, 3.63) is 29.0 Å². The molecule has 98 valence electrons. The summed E-state index contributed by atoms with van der Waals surface area (Å²) in [5.74, 6) is 0. The Kier molecular flexibility index (Phi) is 2.70. The van der Waals surface area contributed by atoms with Gasteiger partial charge in [-0.25, -0.2) is 0 Å². The number of ether oxygens (including phenoxy) is 1. The van der Waals surface area contributed by atoms with Crippen LogP contribution in [0.5, 0.6) is 0 Å². The first kappa shape index (κ1) is 11.6. The normalized spacial score (nSPS) is 26.1. The molecule has 2 aromatic rings. The molecule has 2 aromatic heterocycles. The van der Waals surface area contributed by atoms with E-state index < -0.39 is 0 Å². The second kappa shape index (κ2) is 4.42. The third kappa shape index (κ3) is 2.01. The molecule has 0 aliphatic carbocycles. The molecule has 2 bridgehead atoms. The van der Waals surface area contributed by atoms with Crippen LogP contribution in [0.15, 0.2) is 29.0 Å². The van der Waals surface area contributed by atoms with Gasteiger partial charge in [-0.2, -0.15) is 0 Å². The van der Waals surface area contributed by atoms with Gasteiger partial charge in [-0.15, -0.1) is 0 Å². The first-order chi connectivity index (χ1) is 9.29. The van der Waals surface area contributed by atoms with E-state index in [2.05, 4.69) is 36.9 Å². The maximum atomic E-state index is 5.89. The van der Waals surface area contributed by atoms with E-state index in [0.717, 1.165) is 28.6 Å². The minimum Gasteiger partial charge on any atom is -0.371 e. The van der Waals surface area contributed by atoms with Gasteiger partial charge in [-0.05, 0) is 40.9 Å². The van der Waals surface area contributed by atoms with Crippen LogP contribution in [0.25, 0.3) is 11.0 Å². The Bertz CT molecular complexity index is 621. The maximum absolute atomic E-state index is 5.89. The van der Waals surface area contributed by atoms with Crippen molar-refractivity contribution in [1.82, 2.24) is 9.97 Å². The van der Waals surface area contributed by atoms with Crippen molar-refractivity contribution in [2.45, 2.75) is 25.0 Å². The van der Waals surface area contributed by atoms with E-state index in [0.29, 0.717) is 12.2 Å². The number of halogens is 1. The molecule has 0 aromatic carbocycles. The molecule has 2 unspecified atom stereocenters. The number of rotatable bonds is 1. The second-order valence-corrected chi connectivity index (χ2v) is 6.13. The Morgan fingerprint density at radius 1 is 1.21 bits per heavy atom. The molecule has 4 nitrogen and oxygen atoms in total. The standard InChI is InChI=1S/C14H14BrN3O/c15-9-5-12-14(17-6-9)13(3-4-16-12)18-7-10-1-2-11(8-18)19-10/h3-6,10-11H,1-2,7-8H2. The van der Waals surface area contributed by atoms with E-state index in [-0.39, 0.29) is 0 Å². The van der Waals surface area contributed by atoms with Gasteiger partial charge >= 0.3 is 0 Å². The Hall–Kier alpha value is -1.20. The molecule has 2 atom stereocenters. The van der Waals surface area contributed by atoms with Crippen LogP contribution in [-0.4, -0.2) is 35.3 Å². The Labute approximate surface area is 119 Å². The van der Waals surface area contributed by atoms with Crippen molar-refractivity contribution in [3.8, 4) is 0 Å². The fourth-order valence-electron chi connectivity index (χ4n) is 3.06. The van der Waals surface area contributed by atoms with E-state index in [1.54, 1.807) is 0 Å². The Balaban J connectivity index is 1.78. The topological polar surface area (TPSA) is 38.2 Å². The van der Waals surface area contributed by atoms with Gasteiger partial charge in [-0.3, -0.25) is 9.97 Å². The van der Waals surface area contributed by atoms with E-state index in [4.69, 9.17) is 4.74 Å². The van der Waals surface area contributed by atoms with Crippen LogP contribution in [0, 0.1) is 0 Å². The van der Waals surface area contributed by atoms with Crippen molar-refractivity contribution in [2.24, 2.45) is 0 Å². The molecule has 0 N–H and O–H groups in total. The number of anilines is 1. The van der Waals surface area contributed by atoms with Gasteiger partial charge in [0.1, 0.15) is 5.52 Å². The van der Waals surface area contributed by atoms with Crippen LogP contribution < -0.4 is 4.90 Å². The summed E-state index contributed by atoms with van der Waals surface area (Å²) in [4.78, 5) is 11.3. The summed E-state index contributed by atoms with van der Waals surface area (Å²) in [7, 11) is 0. The highest BCUT2D eigenvalue weighted by molar-refractivity contribution is 9.10. The molecular formula is C14H14BrN3O. The summed E-state index contributed by atoms with van der Waals surface area (Å²) >= 11 is 3.45. The van der Waals surface area contributed by atoms with Crippen LogP contribution in [0.4, 0.5) is 5.69 Å². The summed E-state index contributed by atoms with van der Waals surface area (Å²) in [5, 5.41) is 0. The van der Waals surface area contributed by atoms with Gasteiger partial charge < -0.3 is 9.64 Å². The summed E-state index contributed by atoms with van der Waals surface area (Å²) < 4.78 is 6.86. The molecule has 5 heteroatoms. The zero-order chi connectivity index (χ0) is 12.8. The predicted molar refractivity (Wildman–Crippen MR) is 77.3 cm³/mol. The fourth-order valence-corrected chi connectivity index (χ4v) is 3.38. The van der Waals surface area contributed by atoms with Gasteiger partial charge in [0.25, 0.3) is 0 Å². The quantitative estimate of drug-likeness (QED) is 0.810. The second-order valence-electron chi connectivity index (χ2n) is 5.21. The summed E-state index contributed by atoms with van der Waals surface area (Å²) in [6.07, 6.45) is 6.84. The number of pyridine rings is 2. The smallest absolute Gasteiger partial charge is 0.112 e. The molecule has 4 rings (SSSR count). The van der Waals surface area contributed by atoms with E-state index in [1.807, 2.05) is 18.5 Å². The zero-order valence-corrected chi connectivity index (χ0v) is 12.0. The van der Waals surface area contributed by atoms with E-state index in [1.165, 1.54) is 18.5 Å². The largest absolute Gasteiger partial charge is 0.371 e. The van der Waals surface area contributed by atoms with Gasteiger partial charge in [0.2, 0.25) is 0 Å². The summed E-state index contributed by atoms with van der Waals surface area (Å²) in [6.45, 7) is 1.93. The van der Waals surface area contributed by atoms with Gasteiger partial charge in [0, 0.05) is 30.0 Å². The number of morpholine rings is 1. The van der Waals surface area contributed by atoms with Crippen LogP contribution in [0.2, 0.25) is 0 Å². The Morgan fingerprint density at radius 2 is 2.00 bits per heavy atom. The zero-order valence-electron chi connectivity index (χ0n) is 10.4. The third-order valence-corrected chi connectivity index (χ3v) is 4.34. The minimum atomic E-state index is 0.386. The molecule has 2 saturated heterocycles. The molecule has 0 spiro atoms. The maximum Gasteiger partial charge on any atom is 0.112 e. The van der Waals surface area contributed by atoms with Gasteiger partial charge in [0.15, 0.2) is 0 Å². The average Bonchev–Trinajstić information content (AvgIpc) is 2.76. The van der Waals surface area contributed by atoms with Crippen LogP contribution >= 0.6 is 15.9 Å². The molecule has 19 heavy (non-hydrogen) atoms. The predicted octanol–water partition coefficient (Wildman–Crippen LogP) is 2.76. The van der Waals surface area contributed by atoms with E-state index >= 15 is 0 Å². The first-order valence-corrected chi connectivity index (χ1v) is 7.39. The molecule has 0 amide bonds. The van der Waals surface area contributed by atoms with Crippen LogP contribution in [-0.2, 0) is 4.74 Å². The van der Waals surface area contributed by atoms with Crippen molar-refractivity contribution in [1.29, 1.82) is 0 Å². The molecular weight excluding hydrogens is 306 g/mol. The molecule has 2 aliphatic heterocycles. The number of hydrogen-bond donors (Lipinski definition) is 0. The highest BCUT2D eigenvalue weighted by atomic mass is 79.9. The molecule has 0 radical (unpaired) electrons. The molecule has 0 saturated carbocycles. The highest BCUT2D eigenvalue weighted by Crippen LogP contribution is 2.32. The fraction of sp³-hybridized carbons (Fsp3) is 0.429. The van der Waals surface area contributed by atoms with Crippen molar-refractivity contribution in [3.63, 3.8) is 0 Å². The minimum absolute atomic E-state index is 0.386. The van der Waals surface area contributed by atoms with Gasteiger partial charge in [0.05, 0.1) is 23.4 Å². The lowest BCUT2D eigenvalue weighted by molar-refractivity contribution is 0.0306. The lowest BCUT2D eigenvalue weighted by Crippen LogP contribution is -2.42.